The van der Waals surface area contributed by atoms with Crippen LogP contribution < -0.4 is 11.1 Å². The molecule has 98 valence electrons. The Bertz CT molecular complexity index is 623. The zero-order chi connectivity index (χ0) is 14.0. The topological polar surface area (TPSA) is 38.0 Å². The van der Waals surface area contributed by atoms with Crippen molar-refractivity contribution in [3.8, 4) is 0 Å². The largest absolute Gasteiger partial charge is 0.389 e. The highest BCUT2D eigenvalue weighted by atomic mass is 35.5. The molecule has 0 saturated carbocycles. The number of hydrogen-bond acceptors (Lipinski definition) is 2. The fourth-order valence-corrected chi connectivity index (χ4v) is 2.02. The van der Waals surface area contributed by atoms with Crippen molar-refractivity contribution in [1.29, 1.82) is 0 Å². The summed E-state index contributed by atoms with van der Waals surface area (Å²) in [6.45, 7) is 0. The van der Waals surface area contributed by atoms with E-state index in [1.807, 2.05) is 0 Å². The molecule has 0 fully saturated rings. The molecule has 0 aliphatic heterocycles. The van der Waals surface area contributed by atoms with Gasteiger partial charge in [-0.1, -0.05) is 36.0 Å². The number of thiocarbonyl (C=S) groups is 1. The number of para-hydroxylation sites is 1. The molecule has 0 aromatic heterocycles. The summed E-state index contributed by atoms with van der Waals surface area (Å²) >= 11 is 10.7. The minimum atomic E-state index is -0.789. The van der Waals surface area contributed by atoms with E-state index < -0.39 is 11.6 Å². The Morgan fingerprint density at radius 3 is 2.53 bits per heavy atom. The number of nitrogens with one attached hydrogen (secondary N) is 1. The molecule has 3 N–H and O–H groups in total. The van der Waals surface area contributed by atoms with Gasteiger partial charge in [-0.15, -0.1) is 0 Å². The lowest BCUT2D eigenvalue weighted by atomic mass is 10.1. The average molecular weight is 299 g/mol. The van der Waals surface area contributed by atoms with Crippen molar-refractivity contribution < 1.29 is 8.78 Å². The number of benzene rings is 2. The minimum Gasteiger partial charge on any atom is -0.389 e. The van der Waals surface area contributed by atoms with E-state index in [2.05, 4.69) is 5.32 Å². The normalized spacial score (nSPS) is 10.3. The predicted octanol–water partition coefficient (Wildman–Crippen LogP) is 4.00. The Labute approximate surface area is 119 Å². The van der Waals surface area contributed by atoms with Gasteiger partial charge in [-0.25, -0.2) is 8.78 Å². The first-order chi connectivity index (χ1) is 8.99. The van der Waals surface area contributed by atoms with Crippen LogP contribution in [0, 0.1) is 11.6 Å². The average Bonchev–Trinajstić information content (AvgIpc) is 2.34. The van der Waals surface area contributed by atoms with Gasteiger partial charge in [-0.2, -0.15) is 0 Å². The maximum absolute atomic E-state index is 13.7. The van der Waals surface area contributed by atoms with Crippen LogP contribution in [0.2, 0.25) is 5.02 Å². The van der Waals surface area contributed by atoms with Crippen LogP contribution in [0.3, 0.4) is 0 Å². The molecule has 2 aromatic carbocycles. The number of nitrogens with two attached hydrogens (primary N) is 1. The second-order valence-corrected chi connectivity index (χ2v) is 4.63. The third-order valence-corrected chi connectivity index (χ3v) is 2.98. The smallest absolute Gasteiger partial charge is 0.151 e. The number of hydrogen-bond donors (Lipinski definition) is 2. The van der Waals surface area contributed by atoms with Crippen LogP contribution in [0.25, 0.3) is 0 Å². The summed E-state index contributed by atoms with van der Waals surface area (Å²) in [7, 11) is 0. The van der Waals surface area contributed by atoms with Crippen molar-refractivity contribution in [2.24, 2.45) is 5.73 Å². The third-order valence-electron chi connectivity index (χ3n) is 2.46. The molecule has 0 unspecified atom stereocenters. The van der Waals surface area contributed by atoms with Gasteiger partial charge < -0.3 is 11.1 Å². The maximum atomic E-state index is 13.7. The third kappa shape index (κ3) is 3.00. The second kappa shape index (κ2) is 5.50. The summed E-state index contributed by atoms with van der Waals surface area (Å²) in [5.74, 6) is -1.53. The highest BCUT2D eigenvalue weighted by molar-refractivity contribution is 7.80. The fraction of sp³-hybridized carbons (Fsp3) is 0. The first kappa shape index (κ1) is 13.7. The number of anilines is 2. The molecule has 0 saturated heterocycles. The predicted molar refractivity (Wildman–Crippen MR) is 77.0 cm³/mol. The van der Waals surface area contributed by atoms with Gasteiger partial charge in [0.1, 0.15) is 10.8 Å². The highest BCUT2D eigenvalue weighted by Crippen LogP contribution is 2.30. The highest BCUT2D eigenvalue weighted by Gasteiger charge is 2.12. The molecule has 0 heterocycles. The van der Waals surface area contributed by atoms with E-state index in [4.69, 9.17) is 29.6 Å². The molecule has 0 amide bonds. The molecule has 0 radical (unpaired) electrons. The summed E-state index contributed by atoms with van der Waals surface area (Å²) in [5.41, 5.74) is 6.61. The van der Waals surface area contributed by atoms with Crippen molar-refractivity contribution >= 4 is 40.2 Å². The molecule has 19 heavy (non-hydrogen) atoms. The van der Waals surface area contributed by atoms with Gasteiger partial charge >= 0.3 is 0 Å². The lowest BCUT2D eigenvalue weighted by Crippen LogP contribution is -2.12. The summed E-state index contributed by atoms with van der Waals surface area (Å²) < 4.78 is 26.6. The Morgan fingerprint density at radius 1 is 1.21 bits per heavy atom. The Hall–Kier alpha value is -1.72. The lowest BCUT2D eigenvalue weighted by Gasteiger charge is -2.13. The summed E-state index contributed by atoms with van der Waals surface area (Å²) in [6.07, 6.45) is 0. The standard InChI is InChI=1S/C13H9ClF2N2S/c14-9-5-7(15)6-10(16)12(9)18-11-4-2-1-3-8(11)13(17)19/h1-6,18H,(H2,17,19). The van der Waals surface area contributed by atoms with Crippen molar-refractivity contribution in [2.45, 2.75) is 0 Å². The van der Waals surface area contributed by atoms with E-state index in [1.54, 1.807) is 24.3 Å². The van der Waals surface area contributed by atoms with Crippen molar-refractivity contribution in [3.05, 3.63) is 58.6 Å². The van der Waals surface area contributed by atoms with Crippen LogP contribution in [0.4, 0.5) is 20.2 Å². The minimum absolute atomic E-state index is 0.0215. The van der Waals surface area contributed by atoms with Gasteiger partial charge in [0.2, 0.25) is 0 Å². The van der Waals surface area contributed by atoms with E-state index in [9.17, 15) is 8.78 Å². The molecular formula is C13H9ClF2N2S. The van der Waals surface area contributed by atoms with Crippen LogP contribution >= 0.6 is 23.8 Å². The number of rotatable bonds is 3. The quantitative estimate of drug-likeness (QED) is 0.841. The molecule has 6 heteroatoms. The van der Waals surface area contributed by atoms with Gasteiger partial charge in [0.15, 0.2) is 5.82 Å². The second-order valence-electron chi connectivity index (χ2n) is 3.78. The van der Waals surface area contributed by atoms with Gasteiger partial charge in [-0.3, -0.25) is 0 Å². The zero-order valence-electron chi connectivity index (χ0n) is 9.58. The van der Waals surface area contributed by atoms with E-state index in [0.717, 1.165) is 12.1 Å². The first-order valence-electron chi connectivity index (χ1n) is 5.29. The SMILES string of the molecule is NC(=S)c1ccccc1Nc1c(F)cc(F)cc1Cl. The van der Waals surface area contributed by atoms with Gasteiger partial charge in [0.25, 0.3) is 0 Å². The molecule has 0 spiro atoms. The molecule has 0 aliphatic rings. The summed E-state index contributed by atoms with van der Waals surface area (Å²) in [5, 5.41) is 2.72. The fourth-order valence-electron chi connectivity index (χ4n) is 1.60. The van der Waals surface area contributed by atoms with Crippen molar-refractivity contribution in [2.75, 3.05) is 5.32 Å². The molecule has 0 bridgehead atoms. The van der Waals surface area contributed by atoms with Gasteiger partial charge in [0.05, 0.1) is 10.7 Å². The van der Waals surface area contributed by atoms with Crippen LogP contribution in [0.1, 0.15) is 5.56 Å². The molecule has 0 atom stereocenters. The Kier molecular flexibility index (Phi) is 3.97. The summed E-state index contributed by atoms with van der Waals surface area (Å²) in [4.78, 5) is 0.168. The van der Waals surface area contributed by atoms with E-state index in [-0.39, 0.29) is 15.7 Å². The molecule has 2 aromatic rings. The van der Waals surface area contributed by atoms with Crippen LogP contribution in [-0.4, -0.2) is 4.99 Å². The lowest BCUT2D eigenvalue weighted by molar-refractivity contribution is 0.586. The van der Waals surface area contributed by atoms with Crippen LogP contribution in [-0.2, 0) is 0 Å². The first-order valence-corrected chi connectivity index (χ1v) is 6.08. The molecular weight excluding hydrogens is 290 g/mol. The maximum Gasteiger partial charge on any atom is 0.151 e. The molecule has 0 aliphatic carbocycles. The Balaban J connectivity index is 2.45. The molecule has 2 rings (SSSR count). The van der Waals surface area contributed by atoms with Crippen LogP contribution in [0.5, 0.6) is 0 Å². The molecule has 2 nitrogen and oxygen atoms in total. The van der Waals surface area contributed by atoms with E-state index in [0.29, 0.717) is 11.3 Å². The monoisotopic (exact) mass is 298 g/mol. The van der Waals surface area contributed by atoms with Gasteiger partial charge in [0, 0.05) is 17.3 Å². The number of halogens is 3. The van der Waals surface area contributed by atoms with Crippen molar-refractivity contribution in [3.63, 3.8) is 0 Å². The van der Waals surface area contributed by atoms with Gasteiger partial charge in [-0.05, 0) is 18.2 Å². The Morgan fingerprint density at radius 2 is 1.89 bits per heavy atom. The van der Waals surface area contributed by atoms with E-state index >= 15 is 0 Å². The van der Waals surface area contributed by atoms with Crippen LogP contribution in [0.15, 0.2) is 36.4 Å². The zero-order valence-corrected chi connectivity index (χ0v) is 11.2. The van der Waals surface area contributed by atoms with E-state index in [1.165, 1.54) is 0 Å². The van der Waals surface area contributed by atoms with Crippen molar-refractivity contribution in [1.82, 2.24) is 0 Å². The summed E-state index contributed by atoms with van der Waals surface area (Å²) in [6, 6.07) is 8.63.